The third-order valence-electron chi connectivity index (χ3n) is 5.30. The molecule has 1 atom stereocenters. The molecular weight excluding hydrogens is 345 g/mol. The van der Waals surface area contributed by atoms with Crippen molar-refractivity contribution in [2.24, 2.45) is 5.92 Å². The highest BCUT2D eigenvalue weighted by Crippen LogP contribution is 2.36. The molecule has 5 nitrogen and oxygen atoms in total. The summed E-state index contributed by atoms with van der Waals surface area (Å²) in [6, 6.07) is 13.0. The Morgan fingerprint density at radius 3 is 2.44 bits per heavy atom. The summed E-state index contributed by atoms with van der Waals surface area (Å²) in [6.07, 6.45) is 4.28. The number of carbonyl (C=O) groups excluding carboxylic acids is 1. The van der Waals surface area contributed by atoms with Gasteiger partial charge >= 0.3 is 0 Å². The van der Waals surface area contributed by atoms with E-state index in [1.165, 1.54) is 12.1 Å². The predicted octanol–water partition coefficient (Wildman–Crippen LogP) is 3.72. The Labute approximate surface area is 155 Å². The second kappa shape index (κ2) is 7.31. The van der Waals surface area contributed by atoms with Crippen LogP contribution in [0.1, 0.15) is 47.8 Å². The maximum atomic E-state index is 13.3. The molecule has 1 saturated carbocycles. The normalized spacial score (nSPS) is 15.7. The monoisotopic (exact) mass is 365 g/mol. The van der Waals surface area contributed by atoms with Gasteiger partial charge in [0.05, 0.1) is 11.4 Å². The van der Waals surface area contributed by atoms with Crippen LogP contribution in [-0.2, 0) is 0 Å². The largest absolute Gasteiger partial charge is 0.344 e. The van der Waals surface area contributed by atoms with Crippen LogP contribution in [0.3, 0.4) is 0 Å². The number of aromatic nitrogens is 2. The first-order valence-corrected chi connectivity index (χ1v) is 9.17. The first-order chi connectivity index (χ1) is 13.1. The van der Waals surface area contributed by atoms with Crippen molar-refractivity contribution in [3.63, 3.8) is 0 Å². The molecule has 6 heteroatoms. The van der Waals surface area contributed by atoms with Crippen LogP contribution in [0, 0.1) is 11.7 Å². The summed E-state index contributed by atoms with van der Waals surface area (Å²) < 4.78 is 13.3. The van der Waals surface area contributed by atoms with Gasteiger partial charge in [0.2, 0.25) is 0 Å². The molecular formula is C21H20FN3O2. The van der Waals surface area contributed by atoms with Gasteiger partial charge in [0, 0.05) is 5.39 Å². The molecule has 1 aromatic heterocycles. The number of nitrogens with zero attached hydrogens (tertiary/aromatic N) is 1. The number of hydrogen-bond acceptors (Lipinski definition) is 3. The molecule has 0 saturated heterocycles. The summed E-state index contributed by atoms with van der Waals surface area (Å²) in [6.45, 7) is 0. The molecule has 4 rings (SSSR count). The van der Waals surface area contributed by atoms with Crippen LogP contribution in [0.25, 0.3) is 10.8 Å². The van der Waals surface area contributed by atoms with E-state index in [0.29, 0.717) is 16.7 Å². The Morgan fingerprint density at radius 2 is 1.74 bits per heavy atom. The van der Waals surface area contributed by atoms with E-state index < -0.39 is 0 Å². The summed E-state index contributed by atoms with van der Waals surface area (Å²) in [7, 11) is 0. The Balaban J connectivity index is 1.69. The molecule has 2 aromatic carbocycles. The number of aromatic amines is 1. The maximum Gasteiger partial charge on any atom is 0.272 e. The zero-order valence-corrected chi connectivity index (χ0v) is 14.7. The Bertz CT molecular complexity index is 1020. The van der Waals surface area contributed by atoms with Gasteiger partial charge in [0.25, 0.3) is 11.5 Å². The number of benzene rings is 2. The highest BCUT2D eigenvalue weighted by Gasteiger charge is 2.29. The average molecular weight is 365 g/mol. The zero-order valence-electron chi connectivity index (χ0n) is 14.7. The van der Waals surface area contributed by atoms with Crippen LogP contribution in [0.2, 0.25) is 0 Å². The minimum absolute atomic E-state index is 0.190. The van der Waals surface area contributed by atoms with Gasteiger partial charge < -0.3 is 5.32 Å². The molecule has 2 N–H and O–H groups in total. The number of amides is 1. The van der Waals surface area contributed by atoms with E-state index in [0.717, 1.165) is 31.2 Å². The first kappa shape index (κ1) is 17.4. The van der Waals surface area contributed by atoms with Gasteiger partial charge in [-0.2, -0.15) is 5.10 Å². The van der Waals surface area contributed by atoms with Crippen molar-refractivity contribution in [3.8, 4) is 0 Å². The zero-order chi connectivity index (χ0) is 18.8. The van der Waals surface area contributed by atoms with E-state index in [9.17, 15) is 14.0 Å². The Hall–Kier alpha value is -3.02. The number of rotatable bonds is 4. The number of fused-ring (bicyclic) bond motifs is 1. The van der Waals surface area contributed by atoms with Gasteiger partial charge in [-0.15, -0.1) is 0 Å². The van der Waals surface area contributed by atoms with E-state index in [1.807, 2.05) is 0 Å². The third kappa shape index (κ3) is 3.47. The molecule has 1 amide bonds. The van der Waals surface area contributed by atoms with Crippen molar-refractivity contribution in [3.05, 3.63) is 76.0 Å². The molecule has 1 aliphatic rings. The molecule has 0 aliphatic heterocycles. The molecule has 0 spiro atoms. The fourth-order valence-electron chi connectivity index (χ4n) is 3.93. The van der Waals surface area contributed by atoms with Crippen LogP contribution >= 0.6 is 0 Å². The van der Waals surface area contributed by atoms with Crippen molar-refractivity contribution in [1.29, 1.82) is 0 Å². The molecule has 1 heterocycles. The lowest BCUT2D eigenvalue weighted by Gasteiger charge is -2.25. The minimum Gasteiger partial charge on any atom is -0.344 e. The van der Waals surface area contributed by atoms with E-state index in [1.54, 1.807) is 36.4 Å². The average Bonchev–Trinajstić information content (AvgIpc) is 3.22. The molecule has 1 aliphatic carbocycles. The Kier molecular flexibility index (Phi) is 4.71. The second-order valence-corrected chi connectivity index (χ2v) is 6.99. The first-order valence-electron chi connectivity index (χ1n) is 9.17. The van der Waals surface area contributed by atoms with Crippen molar-refractivity contribution >= 4 is 16.7 Å². The summed E-state index contributed by atoms with van der Waals surface area (Å²) >= 11 is 0. The molecule has 0 radical (unpaired) electrons. The molecule has 27 heavy (non-hydrogen) atoms. The number of H-pyrrole nitrogens is 1. The second-order valence-electron chi connectivity index (χ2n) is 6.99. The van der Waals surface area contributed by atoms with Gasteiger partial charge in [0.15, 0.2) is 5.69 Å². The molecule has 1 fully saturated rings. The number of hydrogen-bond donors (Lipinski definition) is 2. The molecule has 0 bridgehead atoms. The number of carbonyl (C=O) groups is 1. The van der Waals surface area contributed by atoms with Gasteiger partial charge in [-0.1, -0.05) is 43.2 Å². The quantitative estimate of drug-likeness (QED) is 0.740. The van der Waals surface area contributed by atoms with E-state index >= 15 is 0 Å². The number of nitrogens with one attached hydrogen (secondary N) is 2. The van der Waals surface area contributed by atoms with Crippen LogP contribution in [0.5, 0.6) is 0 Å². The minimum atomic E-state index is -0.344. The lowest BCUT2D eigenvalue weighted by atomic mass is 9.91. The Morgan fingerprint density at radius 1 is 1.07 bits per heavy atom. The van der Waals surface area contributed by atoms with Crippen LogP contribution in [-0.4, -0.2) is 16.1 Å². The third-order valence-corrected chi connectivity index (χ3v) is 5.30. The van der Waals surface area contributed by atoms with E-state index in [2.05, 4.69) is 15.5 Å². The van der Waals surface area contributed by atoms with Crippen molar-refractivity contribution in [2.75, 3.05) is 0 Å². The summed E-state index contributed by atoms with van der Waals surface area (Å²) in [5.74, 6) is -0.347. The van der Waals surface area contributed by atoms with Crippen LogP contribution in [0.15, 0.2) is 53.3 Å². The van der Waals surface area contributed by atoms with E-state index in [4.69, 9.17) is 0 Å². The number of halogens is 1. The van der Waals surface area contributed by atoms with Gasteiger partial charge in [-0.05, 0) is 42.5 Å². The van der Waals surface area contributed by atoms with E-state index in [-0.39, 0.29) is 29.0 Å². The van der Waals surface area contributed by atoms with Gasteiger partial charge in [-0.3, -0.25) is 9.59 Å². The molecule has 3 aromatic rings. The fraction of sp³-hybridized carbons (Fsp3) is 0.286. The predicted molar refractivity (Wildman–Crippen MR) is 101 cm³/mol. The highest BCUT2D eigenvalue weighted by molar-refractivity contribution is 6.04. The van der Waals surface area contributed by atoms with Gasteiger partial charge in [0.1, 0.15) is 5.82 Å². The fourth-order valence-corrected chi connectivity index (χ4v) is 3.93. The maximum absolute atomic E-state index is 13.3. The van der Waals surface area contributed by atoms with Gasteiger partial charge in [-0.25, -0.2) is 9.49 Å². The molecule has 1 unspecified atom stereocenters. The standard InChI is InChI=1S/C21H20FN3O2/c22-15-11-9-14(10-12-15)18(13-5-1-2-6-13)23-21(27)19-16-7-3-4-8-17(16)20(26)25-24-19/h3-4,7-13,18H,1-2,5-6H2,(H,23,27)(H,25,26). The summed E-state index contributed by atoms with van der Waals surface area (Å²) in [5, 5.41) is 10.4. The SMILES string of the molecule is O=C(NC(c1ccc(F)cc1)C1CCCC1)c1n[nH]c(=O)c2ccccc12. The lowest BCUT2D eigenvalue weighted by molar-refractivity contribution is 0.0917. The van der Waals surface area contributed by atoms with Crippen molar-refractivity contribution in [1.82, 2.24) is 15.5 Å². The highest BCUT2D eigenvalue weighted by atomic mass is 19.1. The lowest BCUT2D eigenvalue weighted by Crippen LogP contribution is -2.34. The van der Waals surface area contributed by atoms with Crippen LogP contribution in [0.4, 0.5) is 4.39 Å². The van der Waals surface area contributed by atoms with Crippen molar-refractivity contribution in [2.45, 2.75) is 31.7 Å². The van der Waals surface area contributed by atoms with Crippen molar-refractivity contribution < 1.29 is 9.18 Å². The summed E-state index contributed by atoms with van der Waals surface area (Å²) in [4.78, 5) is 25.0. The van der Waals surface area contributed by atoms with Crippen LogP contribution < -0.4 is 10.9 Å². The topological polar surface area (TPSA) is 74.8 Å². The molecule has 138 valence electrons. The summed E-state index contributed by atoms with van der Waals surface area (Å²) in [5.41, 5.74) is 0.744. The smallest absolute Gasteiger partial charge is 0.272 e.